The Kier molecular flexibility index (Phi) is 9.44. The number of hydrogen-bond acceptors (Lipinski definition) is 8. The lowest BCUT2D eigenvalue weighted by atomic mass is 10.1. The van der Waals surface area contributed by atoms with Crippen LogP contribution in [0.2, 0.25) is 0 Å². The maximum absolute atomic E-state index is 12.4. The van der Waals surface area contributed by atoms with Crippen LogP contribution in [-0.2, 0) is 16.0 Å². The normalized spacial score (nSPS) is 10.4. The Morgan fingerprint density at radius 1 is 1.06 bits per heavy atom. The number of carbonyl (C=O) groups excluding carboxylic acids is 2. The van der Waals surface area contributed by atoms with Gasteiger partial charge in [-0.2, -0.15) is 0 Å². The summed E-state index contributed by atoms with van der Waals surface area (Å²) in [5.41, 5.74) is 5.49. The van der Waals surface area contributed by atoms with Gasteiger partial charge in [-0.3, -0.25) is 14.9 Å². The predicted molar refractivity (Wildman–Crippen MR) is 113 cm³/mol. The van der Waals surface area contributed by atoms with Gasteiger partial charge in [-0.25, -0.2) is 4.79 Å². The maximum Gasteiger partial charge on any atom is 0.341 e. The molecule has 2 rings (SSSR count). The number of nitro benzene ring substituents is 1. The molecule has 0 aliphatic rings. The smallest absolute Gasteiger partial charge is 0.341 e. The number of nitrogens with zero attached hydrogens (tertiary/aromatic N) is 1. The number of hydrogen-bond donors (Lipinski definition) is 1. The Morgan fingerprint density at radius 3 is 2.52 bits per heavy atom. The van der Waals surface area contributed by atoms with Crippen LogP contribution >= 0.6 is 0 Å². The van der Waals surface area contributed by atoms with Crippen molar-refractivity contribution in [3.05, 3.63) is 63.7 Å². The minimum atomic E-state index is -0.751. The van der Waals surface area contributed by atoms with E-state index in [1.54, 1.807) is 12.1 Å². The van der Waals surface area contributed by atoms with Gasteiger partial charge in [0.05, 0.1) is 25.1 Å². The summed E-state index contributed by atoms with van der Waals surface area (Å²) in [7, 11) is 1.22. The highest BCUT2D eigenvalue weighted by Gasteiger charge is 2.21. The van der Waals surface area contributed by atoms with E-state index in [-0.39, 0.29) is 29.0 Å². The largest absolute Gasteiger partial charge is 0.494 e. The quantitative estimate of drug-likeness (QED) is 0.178. The highest BCUT2D eigenvalue weighted by Crippen LogP contribution is 2.26. The molecule has 2 aromatic rings. The molecular weight excluding hydrogens is 404 g/mol. The van der Waals surface area contributed by atoms with Crippen molar-refractivity contribution < 1.29 is 28.7 Å². The van der Waals surface area contributed by atoms with Crippen LogP contribution < -0.4 is 15.2 Å². The van der Waals surface area contributed by atoms with Gasteiger partial charge in [0.25, 0.3) is 5.69 Å². The summed E-state index contributed by atoms with van der Waals surface area (Å²) >= 11 is 0. The van der Waals surface area contributed by atoms with Gasteiger partial charge in [-0.15, -0.1) is 0 Å². The number of unbranched alkanes of at least 4 members (excludes halogenated alkanes) is 3. The van der Waals surface area contributed by atoms with Crippen LogP contribution in [0.3, 0.4) is 0 Å². The SMILES string of the molecule is COC(=O)c1ccccc1OC(=O)Cc1cc(OCCCCCCN)ccc1[N+](=O)[O-]. The number of para-hydroxylation sites is 1. The highest BCUT2D eigenvalue weighted by molar-refractivity contribution is 5.93. The summed E-state index contributed by atoms with van der Waals surface area (Å²) in [5, 5.41) is 11.4. The van der Waals surface area contributed by atoms with Crippen LogP contribution in [0.25, 0.3) is 0 Å². The van der Waals surface area contributed by atoms with Crippen molar-refractivity contribution in [1.29, 1.82) is 0 Å². The number of nitro groups is 1. The zero-order chi connectivity index (χ0) is 22.6. The molecule has 0 aliphatic heterocycles. The molecule has 0 saturated carbocycles. The average Bonchev–Trinajstić information content (AvgIpc) is 2.76. The molecule has 0 heterocycles. The predicted octanol–water partition coefficient (Wildman–Crippen LogP) is 3.43. The summed E-state index contributed by atoms with van der Waals surface area (Å²) in [6.45, 7) is 1.12. The second kappa shape index (κ2) is 12.3. The molecule has 0 aromatic heterocycles. The molecular formula is C22H26N2O7. The summed E-state index contributed by atoms with van der Waals surface area (Å²) in [6.07, 6.45) is 3.42. The molecule has 0 radical (unpaired) electrons. The fourth-order valence-corrected chi connectivity index (χ4v) is 2.91. The van der Waals surface area contributed by atoms with Crippen molar-refractivity contribution in [2.75, 3.05) is 20.3 Å². The van der Waals surface area contributed by atoms with E-state index >= 15 is 0 Å². The van der Waals surface area contributed by atoms with Crippen molar-refractivity contribution >= 4 is 17.6 Å². The topological polar surface area (TPSA) is 131 Å². The third-order valence-corrected chi connectivity index (χ3v) is 4.47. The van der Waals surface area contributed by atoms with Crippen molar-refractivity contribution in [2.24, 2.45) is 5.73 Å². The molecule has 9 nitrogen and oxygen atoms in total. The third kappa shape index (κ3) is 7.38. The van der Waals surface area contributed by atoms with Crippen LogP contribution in [-0.4, -0.2) is 37.1 Å². The van der Waals surface area contributed by atoms with Crippen LogP contribution in [0.4, 0.5) is 5.69 Å². The maximum atomic E-state index is 12.4. The molecule has 166 valence electrons. The lowest BCUT2D eigenvalue weighted by Gasteiger charge is -2.10. The van der Waals surface area contributed by atoms with Crippen LogP contribution in [0.5, 0.6) is 11.5 Å². The van der Waals surface area contributed by atoms with E-state index in [0.29, 0.717) is 18.9 Å². The number of benzene rings is 2. The fraction of sp³-hybridized carbons (Fsp3) is 0.364. The molecule has 0 saturated heterocycles. The molecule has 0 amide bonds. The molecule has 9 heteroatoms. The number of rotatable bonds is 12. The van der Waals surface area contributed by atoms with E-state index in [1.165, 1.54) is 37.4 Å². The number of methoxy groups -OCH3 is 1. The van der Waals surface area contributed by atoms with Gasteiger partial charge in [0.15, 0.2) is 0 Å². The van der Waals surface area contributed by atoms with Gasteiger partial charge >= 0.3 is 11.9 Å². The first kappa shape index (κ1) is 23.8. The average molecular weight is 430 g/mol. The molecule has 0 fully saturated rings. The fourth-order valence-electron chi connectivity index (χ4n) is 2.91. The van der Waals surface area contributed by atoms with Gasteiger partial charge < -0.3 is 19.9 Å². The summed E-state index contributed by atoms with van der Waals surface area (Å²) in [4.78, 5) is 35.1. The summed E-state index contributed by atoms with van der Waals surface area (Å²) < 4.78 is 15.6. The van der Waals surface area contributed by atoms with Crippen molar-refractivity contribution in [3.63, 3.8) is 0 Å². The Morgan fingerprint density at radius 2 is 1.81 bits per heavy atom. The molecule has 0 bridgehead atoms. The first-order chi connectivity index (χ1) is 15.0. The number of ether oxygens (including phenoxy) is 3. The number of nitrogens with two attached hydrogens (primary N) is 1. The molecule has 31 heavy (non-hydrogen) atoms. The zero-order valence-corrected chi connectivity index (χ0v) is 17.4. The van der Waals surface area contributed by atoms with Gasteiger partial charge in [-0.05, 0) is 43.7 Å². The molecule has 0 spiro atoms. The second-order valence-corrected chi connectivity index (χ2v) is 6.74. The lowest BCUT2D eigenvalue weighted by molar-refractivity contribution is -0.385. The monoisotopic (exact) mass is 430 g/mol. The summed E-state index contributed by atoms with van der Waals surface area (Å²) in [6, 6.07) is 10.4. The second-order valence-electron chi connectivity index (χ2n) is 6.74. The molecule has 2 aromatic carbocycles. The highest BCUT2D eigenvalue weighted by atomic mass is 16.6. The lowest BCUT2D eigenvalue weighted by Crippen LogP contribution is -2.15. The molecule has 2 N–H and O–H groups in total. The van der Waals surface area contributed by atoms with E-state index in [9.17, 15) is 19.7 Å². The van der Waals surface area contributed by atoms with Crippen LogP contribution in [0.1, 0.15) is 41.6 Å². The van der Waals surface area contributed by atoms with Gasteiger partial charge in [0.1, 0.15) is 17.1 Å². The van der Waals surface area contributed by atoms with Crippen LogP contribution in [0.15, 0.2) is 42.5 Å². The van der Waals surface area contributed by atoms with Crippen molar-refractivity contribution in [2.45, 2.75) is 32.1 Å². The zero-order valence-electron chi connectivity index (χ0n) is 17.4. The van der Waals surface area contributed by atoms with E-state index in [2.05, 4.69) is 4.74 Å². The molecule has 0 unspecified atom stereocenters. The minimum Gasteiger partial charge on any atom is -0.494 e. The Balaban J connectivity index is 2.07. The Bertz CT molecular complexity index is 914. The van der Waals surface area contributed by atoms with Gasteiger partial charge in [-0.1, -0.05) is 25.0 Å². The van der Waals surface area contributed by atoms with Crippen molar-refractivity contribution in [3.8, 4) is 11.5 Å². The number of esters is 2. The van der Waals surface area contributed by atoms with Crippen molar-refractivity contribution in [1.82, 2.24) is 0 Å². The molecule has 0 atom stereocenters. The number of carbonyl (C=O) groups is 2. The van der Waals surface area contributed by atoms with E-state index < -0.39 is 16.9 Å². The van der Waals surface area contributed by atoms with Gasteiger partial charge in [0, 0.05) is 11.6 Å². The van der Waals surface area contributed by atoms with E-state index in [4.69, 9.17) is 15.2 Å². The first-order valence-corrected chi connectivity index (χ1v) is 9.94. The van der Waals surface area contributed by atoms with Crippen LogP contribution in [0, 0.1) is 10.1 Å². The van der Waals surface area contributed by atoms with E-state index in [0.717, 1.165) is 25.7 Å². The minimum absolute atomic E-state index is 0.0203. The first-order valence-electron chi connectivity index (χ1n) is 9.94. The Labute approximate surface area is 180 Å². The summed E-state index contributed by atoms with van der Waals surface area (Å²) in [5.74, 6) is -0.955. The third-order valence-electron chi connectivity index (χ3n) is 4.47. The standard InChI is InChI=1S/C22H26N2O7/c1-29-22(26)18-8-4-5-9-20(18)31-21(25)15-16-14-17(10-11-19(16)24(27)28)30-13-7-3-2-6-12-23/h4-5,8-11,14H,2-3,6-7,12-13,15,23H2,1H3. The molecule has 0 aliphatic carbocycles. The van der Waals surface area contributed by atoms with Gasteiger partial charge in [0.2, 0.25) is 0 Å². The van der Waals surface area contributed by atoms with E-state index in [1.807, 2.05) is 0 Å². The Hall–Kier alpha value is -3.46.